The number of nitrogens with one attached hydrogen (secondary N) is 3. The number of sulfonamides is 1. The van der Waals surface area contributed by atoms with Crippen LogP contribution in [0.3, 0.4) is 0 Å². The summed E-state index contributed by atoms with van der Waals surface area (Å²) in [6.45, 7) is 5.73. The van der Waals surface area contributed by atoms with E-state index >= 15 is 0 Å². The van der Waals surface area contributed by atoms with Crippen LogP contribution >= 0.6 is 11.3 Å². The number of carbonyl (C=O) groups excluding carboxylic acids is 1. The molecule has 1 aliphatic rings. The Bertz CT molecular complexity index is 956. The highest BCUT2D eigenvalue weighted by Gasteiger charge is 2.18. The van der Waals surface area contributed by atoms with Crippen LogP contribution in [0, 0.1) is 6.92 Å². The van der Waals surface area contributed by atoms with Crippen molar-refractivity contribution in [2.75, 3.05) is 41.7 Å². The van der Waals surface area contributed by atoms with Crippen LogP contribution in [0.1, 0.15) is 31.9 Å². The van der Waals surface area contributed by atoms with Crippen molar-refractivity contribution in [2.24, 2.45) is 0 Å². The fraction of sp³-hybridized carbons (Fsp3) is 0.529. The second-order valence-electron chi connectivity index (χ2n) is 6.73. The average Bonchev–Trinajstić information content (AvgIpc) is 3.14. The third-order valence-corrected chi connectivity index (χ3v) is 7.09. The van der Waals surface area contributed by atoms with Crippen molar-refractivity contribution in [3.8, 4) is 0 Å². The van der Waals surface area contributed by atoms with Crippen LogP contribution in [-0.2, 0) is 14.8 Å². The first-order chi connectivity index (χ1) is 13.8. The second kappa shape index (κ2) is 9.46. The summed E-state index contributed by atoms with van der Waals surface area (Å²) in [4.78, 5) is 26.1. The maximum Gasteiger partial charge on any atom is 0.251 e. The highest BCUT2D eigenvalue weighted by Crippen LogP contribution is 2.22. The number of carbonyl (C=O) groups is 1. The molecule has 1 saturated heterocycles. The summed E-state index contributed by atoms with van der Waals surface area (Å²) in [5, 5.41) is 5.79. The molecule has 3 N–H and O–H groups in total. The summed E-state index contributed by atoms with van der Waals surface area (Å²) in [5.74, 6) is 1.08. The molecule has 0 bridgehead atoms. The van der Waals surface area contributed by atoms with Gasteiger partial charge in [0.15, 0.2) is 9.34 Å². The number of aryl methyl sites for hydroxylation is 1. The van der Waals surface area contributed by atoms with E-state index in [9.17, 15) is 13.2 Å². The molecule has 0 spiro atoms. The van der Waals surface area contributed by atoms with Gasteiger partial charge in [0.2, 0.25) is 11.9 Å². The number of hydrogen-bond acceptors (Lipinski definition) is 9. The quantitative estimate of drug-likeness (QED) is 0.529. The molecule has 0 aliphatic carbocycles. The minimum atomic E-state index is -3.70. The van der Waals surface area contributed by atoms with Crippen LogP contribution in [-0.4, -0.2) is 55.5 Å². The molecule has 1 amide bonds. The van der Waals surface area contributed by atoms with Crippen LogP contribution in [0.4, 0.5) is 16.9 Å². The lowest BCUT2D eigenvalue weighted by molar-refractivity contribution is -0.114. The molecule has 0 unspecified atom stereocenters. The van der Waals surface area contributed by atoms with Gasteiger partial charge in [-0.2, -0.15) is 4.98 Å². The molecule has 2 aromatic heterocycles. The van der Waals surface area contributed by atoms with Gasteiger partial charge in [0.25, 0.3) is 10.0 Å². The lowest BCUT2D eigenvalue weighted by Gasteiger charge is -2.28. The Morgan fingerprint density at radius 3 is 2.69 bits per heavy atom. The van der Waals surface area contributed by atoms with Gasteiger partial charge in [0.05, 0.1) is 6.20 Å². The van der Waals surface area contributed by atoms with Gasteiger partial charge in [-0.25, -0.2) is 23.1 Å². The lowest BCUT2D eigenvalue weighted by Crippen LogP contribution is -2.31. The van der Waals surface area contributed by atoms with E-state index < -0.39 is 10.0 Å². The lowest BCUT2D eigenvalue weighted by atomic mass is 10.1. The van der Waals surface area contributed by atoms with Gasteiger partial charge in [0, 0.05) is 44.9 Å². The molecule has 12 heteroatoms. The third-order valence-electron chi connectivity index (χ3n) is 4.25. The Kier molecular flexibility index (Phi) is 6.98. The van der Waals surface area contributed by atoms with E-state index in [0.717, 1.165) is 48.8 Å². The molecule has 29 heavy (non-hydrogen) atoms. The molecule has 0 radical (unpaired) electrons. The van der Waals surface area contributed by atoms with Crippen LogP contribution in [0.15, 0.2) is 16.5 Å². The molecule has 10 nitrogen and oxygen atoms in total. The molecule has 2 aromatic rings. The number of nitrogens with zero attached hydrogens (tertiary/aromatic N) is 4. The average molecular weight is 440 g/mol. The first-order valence-electron chi connectivity index (χ1n) is 9.41. The summed E-state index contributed by atoms with van der Waals surface area (Å²) in [7, 11) is -3.70. The predicted molar refractivity (Wildman–Crippen MR) is 113 cm³/mol. The van der Waals surface area contributed by atoms with Gasteiger partial charge < -0.3 is 15.5 Å². The van der Waals surface area contributed by atoms with Crippen molar-refractivity contribution >= 4 is 44.2 Å². The molecular weight excluding hydrogens is 414 g/mol. The molecule has 0 saturated carbocycles. The second-order valence-corrected chi connectivity index (χ2v) is 9.75. The van der Waals surface area contributed by atoms with Crippen molar-refractivity contribution in [1.82, 2.24) is 19.7 Å². The van der Waals surface area contributed by atoms with Crippen LogP contribution in [0.25, 0.3) is 0 Å². The monoisotopic (exact) mass is 439 g/mol. The van der Waals surface area contributed by atoms with Crippen molar-refractivity contribution in [3.63, 3.8) is 0 Å². The number of hydrogen-bond donors (Lipinski definition) is 3. The summed E-state index contributed by atoms with van der Waals surface area (Å²) < 4.78 is 27.2. The van der Waals surface area contributed by atoms with E-state index in [4.69, 9.17) is 0 Å². The van der Waals surface area contributed by atoms with E-state index in [1.165, 1.54) is 19.5 Å². The molecule has 1 aliphatic heterocycles. The van der Waals surface area contributed by atoms with E-state index in [1.807, 2.05) is 13.0 Å². The fourth-order valence-electron chi connectivity index (χ4n) is 2.94. The standard InChI is InChI=1S/C17H25N7O3S2/c1-12-10-14(24-8-4-3-5-9-24)23-16(21-12)18-6-7-20-29(26,27)15-11-19-17(28-15)22-13(2)25/h10-11,20H,3-9H2,1-2H3,(H,18,21,23)(H,19,22,25). The van der Waals surface area contributed by atoms with E-state index in [0.29, 0.717) is 12.5 Å². The maximum absolute atomic E-state index is 12.3. The molecule has 3 heterocycles. The molecule has 0 aromatic carbocycles. The zero-order chi connectivity index (χ0) is 20.9. The Morgan fingerprint density at radius 2 is 1.97 bits per heavy atom. The Hall–Kier alpha value is -2.31. The smallest absolute Gasteiger partial charge is 0.251 e. The molecule has 3 rings (SSSR count). The van der Waals surface area contributed by atoms with Crippen LogP contribution in [0.5, 0.6) is 0 Å². The summed E-state index contributed by atoms with van der Waals surface area (Å²) >= 11 is 0.898. The van der Waals surface area contributed by atoms with Gasteiger partial charge in [-0.1, -0.05) is 11.3 Å². The van der Waals surface area contributed by atoms with E-state index in [1.54, 1.807) is 0 Å². The molecule has 0 atom stereocenters. The van der Waals surface area contributed by atoms with Crippen molar-refractivity contribution in [3.05, 3.63) is 18.0 Å². The van der Waals surface area contributed by atoms with Gasteiger partial charge in [0.1, 0.15) is 5.82 Å². The van der Waals surface area contributed by atoms with Gasteiger partial charge in [-0.05, 0) is 26.2 Å². The molecule has 1 fully saturated rings. The Balaban J connectivity index is 1.53. The topological polar surface area (TPSA) is 129 Å². The number of piperidine rings is 1. The zero-order valence-electron chi connectivity index (χ0n) is 16.4. The number of anilines is 3. The van der Waals surface area contributed by atoms with Crippen molar-refractivity contribution in [1.29, 1.82) is 0 Å². The zero-order valence-corrected chi connectivity index (χ0v) is 18.1. The minimum absolute atomic E-state index is 0.0421. The summed E-state index contributed by atoms with van der Waals surface area (Å²) in [6.07, 6.45) is 4.79. The number of aromatic nitrogens is 3. The molecule has 158 valence electrons. The first kappa shape index (κ1) is 21.4. The highest BCUT2D eigenvalue weighted by atomic mass is 32.2. The van der Waals surface area contributed by atoms with E-state index in [2.05, 4.69) is 35.2 Å². The number of thiazole rings is 1. The Labute approximate surface area is 174 Å². The highest BCUT2D eigenvalue weighted by molar-refractivity contribution is 7.91. The normalized spacial score (nSPS) is 14.6. The predicted octanol–water partition coefficient (Wildman–Crippen LogP) is 1.58. The number of rotatable bonds is 8. The summed E-state index contributed by atoms with van der Waals surface area (Å²) in [5.41, 5.74) is 0.860. The van der Waals surface area contributed by atoms with Crippen molar-refractivity contribution in [2.45, 2.75) is 37.3 Å². The van der Waals surface area contributed by atoms with Gasteiger partial charge >= 0.3 is 0 Å². The SMILES string of the molecule is CC(=O)Nc1ncc(S(=O)(=O)NCCNc2nc(C)cc(N3CCCCC3)n2)s1. The van der Waals surface area contributed by atoms with Gasteiger partial charge in [-0.15, -0.1) is 0 Å². The molecular formula is C17H25N7O3S2. The Morgan fingerprint density at radius 1 is 1.21 bits per heavy atom. The van der Waals surface area contributed by atoms with Crippen LogP contribution in [0.2, 0.25) is 0 Å². The minimum Gasteiger partial charge on any atom is -0.356 e. The first-order valence-corrected chi connectivity index (χ1v) is 11.7. The maximum atomic E-state index is 12.3. The number of amides is 1. The summed E-state index contributed by atoms with van der Waals surface area (Å²) in [6, 6.07) is 1.97. The van der Waals surface area contributed by atoms with Gasteiger partial charge in [-0.3, -0.25) is 4.79 Å². The third kappa shape index (κ3) is 6.08. The fourth-order valence-corrected chi connectivity index (χ4v) is 5.09. The van der Waals surface area contributed by atoms with Crippen molar-refractivity contribution < 1.29 is 13.2 Å². The largest absolute Gasteiger partial charge is 0.356 e. The van der Waals surface area contributed by atoms with E-state index in [-0.39, 0.29) is 21.8 Å². The van der Waals surface area contributed by atoms with Crippen LogP contribution < -0.4 is 20.3 Å².